The van der Waals surface area contributed by atoms with E-state index < -0.39 is 5.97 Å². The van der Waals surface area contributed by atoms with Gasteiger partial charge in [0.05, 0.1) is 24.7 Å². The Morgan fingerprint density at radius 2 is 1.93 bits per heavy atom. The number of ether oxygens (including phenoxy) is 2. The number of hydrogen-bond donors (Lipinski definition) is 1. The molecule has 2 unspecified atom stereocenters. The Labute approximate surface area is 161 Å². The van der Waals surface area contributed by atoms with Gasteiger partial charge in [-0.25, -0.2) is 4.79 Å². The number of aromatic carboxylic acids is 1. The molecule has 0 bridgehead atoms. The van der Waals surface area contributed by atoms with Crippen LogP contribution in [0, 0.1) is 0 Å². The Balaban J connectivity index is 1.76. The van der Waals surface area contributed by atoms with E-state index in [1.807, 2.05) is 24.3 Å². The molecule has 0 spiro atoms. The van der Waals surface area contributed by atoms with E-state index in [0.717, 1.165) is 17.7 Å². The predicted molar refractivity (Wildman–Crippen MR) is 104 cm³/mol. The van der Waals surface area contributed by atoms with E-state index in [2.05, 4.69) is 0 Å². The number of rotatable bonds is 6. The van der Waals surface area contributed by atoms with Gasteiger partial charge in [-0.05, 0) is 55.2 Å². The largest absolute Gasteiger partial charge is 0.497 e. The van der Waals surface area contributed by atoms with Crippen molar-refractivity contribution in [1.29, 1.82) is 0 Å². The lowest BCUT2D eigenvalue weighted by Crippen LogP contribution is -2.12. The molecule has 28 heavy (non-hydrogen) atoms. The van der Waals surface area contributed by atoms with Crippen LogP contribution in [-0.4, -0.2) is 24.8 Å². The van der Waals surface area contributed by atoms with Gasteiger partial charge < -0.3 is 19.0 Å². The Kier molecular flexibility index (Phi) is 4.55. The lowest BCUT2D eigenvalue weighted by atomic mass is 10.1. The third-order valence-electron chi connectivity index (χ3n) is 5.08. The summed E-state index contributed by atoms with van der Waals surface area (Å²) in [5, 5.41) is 9.40. The molecule has 3 aromatic rings. The first kappa shape index (κ1) is 18.1. The van der Waals surface area contributed by atoms with Crippen LogP contribution in [0.15, 0.2) is 51.7 Å². The maximum atomic E-state index is 13.0. The van der Waals surface area contributed by atoms with Crippen molar-refractivity contribution >= 4 is 16.9 Å². The van der Waals surface area contributed by atoms with Gasteiger partial charge in [-0.1, -0.05) is 12.1 Å². The highest BCUT2D eigenvalue weighted by Crippen LogP contribution is 2.56. The fourth-order valence-electron chi connectivity index (χ4n) is 3.56. The number of fused-ring (bicyclic) bond motifs is 1. The normalized spacial score (nSPS) is 18.1. The highest BCUT2D eigenvalue weighted by molar-refractivity contribution is 5.93. The van der Waals surface area contributed by atoms with Crippen molar-refractivity contribution in [2.45, 2.75) is 25.2 Å². The van der Waals surface area contributed by atoms with Crippen molar-refractivity contribution in [2.75, 3.05) is 13.7 Å². The summed E-state index contributed by atoms with van der Waals surface area (Å²) < 4.78 is 16.9. The summed E-state index contributed by atoms with van der Waals surface area (Å²) in [6.07, 6.45) is 0.855. The van der Waals surface area contributed by atoms with Crippen molar-refractivity contribution in [3.05, 3.63) is 69.6 Å². The number of carbonyl (C=O) groups is 1. The number of hydrogen-bond acceptors (Lipinski definition) is 5. The van der Waals surface area contributed by atoms with E-state index in [-0.39, 0.29) is 34.0 Å². The molecule has 2 aromatic carbocycles. The van der Waals surface area contributed by atoms with Gasteiger partial charge in [0.2, 0.25) is 11.2 Å². The maximum Gasteiger partial charge on any atom is 0.335 e. The Hall–Kier alpha value is -3.28. The summed E-state index contributed by atoms with van der Waals surface area (Å²) >= 11 is 0. The SMILES string of the molecule is CCOc1c(C2CC2c2ccc(OC)cc2)oc2ccc(C(=O)O)cc2c1=O. The van der Waals surface area contributed by atoms with Crippen molar-refractivity contribution in [3.63, 3.8) is 0 Å². The van der Waals surface area contributed by atoms with Crippen LogP contribution in [0.1, 0.15) is 46.9 Å². The molecule has 6 heteroatoms. The second-order valence-electron chi connectivity index (χ2n) is 6.80. The first-order valence-electron chi connectivity index (χ1n) is 9.14. The average Bonchev–Trinajstić information content (AvgIpc) is 3.50. The molecule has 1 aliphatic rings. The minimum Gasteiger partial charge on any atom is -0.497 e. The van der Waals surface area contributed by atoms with Gasteiger partial charge in [0.1, 0.15) is 11.3 Å². The van der Waals surface area contributed by atoms with E-state index in [4.69, 9.17) is 13.9 Å². The number of carboxylic acid groups (broad SMARTS) is 1. The topological polar surface area (TPSA) is 86.0 Å². The number of methoxy groups -OCH3 is 1. The zero-order valence-corrected chi connectivity index (χ0v) is 15.6. The van der Waals surface area contributed by atoms with Crippen LogP contribution in [0.5, 0.6) is 11.5 Å². The minimum absolute atomic E-state index is 0.0394. The summed E-state index contributed by atoms with van der Waals surface area (Å²) in [5.74, 6) is 0.699. The van der Waals surface area contributed by atoms with Crippen LogP contribution in [0.4, 0.5) is 0 Å². The number of benzene rings is 2. The first-order valence-corrected chi connectivity index (χ1v) is 9.14. The van der Waals surface area contributed by atoms with Crippen LogP contribution in [-0.2, 0) is 0 Å². The minimum atomic E-state index is -1.09. The Bertz CT molecular complexity index is 1100. The van der Waals surface area contributed by atoms with Gasteiger partial charge in [-0.3, -0.25) is 4.79 Å². The molecule has 2 atom stereocenters. The van der Waals surface area contributed by atoms with Crippen LogP contribution >= 0.6 is 0 Å². The van der Waals surface area contributed by atoms with Crippen LogP contribution in [0.25, 0.3) is 11.0 Å². The zero-order valence-electron chi connectivity index (χ0n) is 15.6. The van der Waals surface area contributed by atoms with Gasteiger partial charge in [-0.15, -0.1) is 0 Å². The molecule has 1 aromatic heterocycles. The molecular formula is C22H20O6. The zero-order chi connectivity index (χ0) is 19.8. The molecule has 1 aliphatic carbocycles. The monoisotopic (exact) mass is 380 g/mol. The molecule has 1 heterocycles. The molecule has 0 saturated heterocycles. The van der Waals surface area contributed by atoms with Crippen molar-refractivity contribution in [1.82, 2.24) is 0 Å². The van der Waals surface area contributed by atoms with Crippen molar-refractivity contribution in [3.8, 4) is 11.5 Å². The van der Waals surface area contributed by atoms with Gasteiger partial charge in [0.15, 0.2) is 5.76 Å². The second-order valence-corrected chi connectivity index (χ2v) is 6.80. The molecule has 1 fully saturated rings. The second kappa shape index (κ2) is 7.03. The molecular weight excluding hydrogens is 360 g/mol. The fourth-order valence-corrected chi connectivity index (χ4v) is 3.56. The van der Waals surface area contributed by atoms with Crippen molar-refractivity contribution in [2.24, 2.45) is 0 Å². The first-order chi connectivity index (χ1) is 13.5. The average molecular weight is 380 g/mol. The lowest BCUT2D eigenvalue weighted by Gasteiger charge is -2.11. The highest BCUT2D eigenvalue weighted by atomic mass is 16.5. The molecule has 6 nitrogen and oxygen atoms in total. The number of carboxylic acids is 1. The third-order valence-corrected chi connectivity index (χ3v) is 5.08. The van der Waals surface area contributed by atoms with Gasteiger partial charge in [-0.2, -0.15) is 0 Å². The van der Waals surface area contributed by atoms with E-state index in [0.29, 0.717) is 18.0 Å². The van der Waals surface area contributed by atoms with Gasteiger partial charge >= 0.3 is 5.97 Å². The van der Waals surface area contributed by atoms with E-state index in [9.17, 15) is 14.7 Å². The standard InChI is InChI=1S/C22H20O6/c1-3-27-21-19(23)17-10-13(22(24)25)6-9-18(17)28-20(21)16-11-15(16)12-4-7-14(26-2)8-5-12/h4-10,15-16H,3,11H2,1-2H3,(H,24,25). The highest BCUT2D eigenvalue weighted by Gasteiger charge is 2.44. The predicted octanol–water partition coefficient (Wildman–Crippen LogP) is 4.17. The summed E-state index contributed by atoms with van der Waals surface area (Å²) in [6.45, 7) is 2.12. The van der Waals surface area contributed by atoms with Crippen molar-refractivity contribution < 1.29 is 23.8 Å². The van der Waals surface area contributed by atoms with E-state index >= 15 is 0 Å². The molecule has 1 N–H and O–H groups in total. The van der Waals surface area contributed by atoms with Crippen LogP contribution in [0.3, 0.4) is 0 Å². The molecule has 144 valence electrons. The third kappa shape index (κ3) is 3.11. The quantitative estimate of drug-likeness (QED) is 0.691. The summed E-state index contributed by atoms with van der Waals surface area (Å²) in [5.41, 5.74) is 1.23. The maximum absolute atomic E-state index is 13.0. The smallest absolute Gasteiger partial charge is 0.335 e. The molecule has 1 saturated carbocycles. The van der Waals surface area contributed by atoms with Gasteiger partial charge in [0, 0.05) is 5.92 Å². The van der Waals surface area contributed by atoms with Crippen LogP contribution in [0.2, 0.25) is 0 Å². The van der Waals surface area contributed by atoms with Crippen LogP contribution < -0.4 is 14.9 Å². The molecule has 0 radical (unpaired) electrons. The Morgan fingerprint density at radius 1 is 1.18 bits per heavy atom. The van der Waals surface area contributed by atoms with E-state index in [1.165, 1.54) is 18.2 Å². The van der Waals surface area contributed by atoms with Gasteiger partial charge in [0.25, 0.3) is 0 Å². The summed E-state index contributed by atoms with van der Waals surface area (Å²) in [7, 11) is 1.63. The Morgan fingerprint density at radius 3 is 2.57 bits per heavy atom. The summed E-state index contributed by atoms with van der Waals surface area (Å²) in [4.78, 5) is 24.2. The molecule has 4 rings (SSSR count). The molecule has 0 aliphatic heterocycles. The summed E-state index contributed by atoms with van der Waals surface area (Å²) in [6, 6.07) is 12.2. The fraction of sp³-hybridized carbons (Fsp3) is 0.273. The lowest BCUT2D eigenvalue weighted by molar-refractivity contribution is 0.0697. The molecule has 0 amide bonds. The van der Waals surface area contributed by atoms with E-state index in [1.54, 1.807) is 14.0 Å².